The van der Waals surface area contributed by atoms with Crippen molar-refractivity contribution in [2.24, 2.45) is 5.92 Å². The second-order valence-corrected chi connectivity index (χ2v) is 15.8. The van der Waals surface area contributed by atoms with E-state index in [1.165, 1.54) is 0 Å². The van der Waals surface area contributed by atoms with Crippen molar-refractivity contribution in [3.05, 3.63) is 101 Å². The zero-order valence-corrected chi connectivity index (χ0v) is 26.5. The lowest BCUT2D eigenvalue weighted by Gasteiger charge is -2.43. The molecule has 11 heteroatoms. The van der Waals surface area contributed by atoms with Crippen molar-refractivity contribution in [2.75, 3.05) is 24.8 Å². The topological polar surface area (TPSA) is 125 Å². The number of nitrogens with two attached hydrogens (primary N) is 1. The van der Waals surface area contributed by atoms with E-state index in [0.717, 1.165) is 11.1 Å². The second kappa shape index (κ2) is 13.3. The minimum absolute atomic E-state index is 0.0895. The molecule has 232 valence electrons. The van der Waals surface area contributed by atoms with Crippen molar-refractivity contribution in [1.29, 1.82) is 0 Å². The molecule has 5 atom stereocenters. The molecule has 0 saturated heterocycles. The van der Waals surface area contributed by atoms with Gasteiger partial charge in [0.05, 0.1) is 24.3 Å². The fraction of sp³-hybridized carbons (Fsp3) is 0.364. The summed E-state index contributed by atoms with van der Waals surface area (Å²) in [4.78, 5) is 12.8. The van der Waals surface area contributed by atoms with Crippen LogP contribution in [0.3, 0.4) is 0 Å². The highest BCUT2D eigenvalue weighted by Gasteiger charge is 2.47. The summed E-state index contributed by atoms with van der Waals surface area (Å²) in [5.74, 6) is -0.0802. The Bertz CT molecular complexity index is 1560. The molecule has 4 N–H and O–H groups in total. The number of hydrogen-bond acceptors (Lipinski definition) is 7. The standard InChI is InChI=1S/C33H40FN5O4Si/c1-21-31(42-2)26-18-25(36-33(41)23-10-12-24(35)13-11-23)14-15-29(26)43-32(21)30(44(3,4)34)16-17-39-19-28(37-38-39)27(20-40)22-8-6-5-7-9-22/h5-15,18-19,21,27,30-32,40H,16-17,20,35H2,1-4H3,(H,36,41)/t21-,27?,30?,31-,32-/m1/s1. The molecule has 1 aromatic heterocycles. The van der Waals surface area contributed by atoms with Gasteiger partial charge in [-0.2, -0.15) is 0 Å². The third-order valence-electron chi connectivity index (χ3n) is 8.51. The average Bonchev–Trinajstić information content (AvgIpc) is 3.46. The zero-order valence-electron chi connectivity index (χ0n) is 25.5. The van der Waals surface area contributed by atoms with Crippen LogP contribution in [0.1, 0.15) is 52.5 Å². The summed E-state index contributed by atoms with van der Waals surface area (Å²) in [6, 6.07) is 21.9. The number of amides is 1. The molecule has 9 nitrogen and oxygen atoms in total. The maximum absolute atomic E-state index is 16.0. The van der Waals surface area contributed by atoms with Crippen molar-refractivity contribution in [3.63, 3.8) is 0 Å². The number of anilines is 2. The molecule has 3 aromatic carbocycles. The Hall–Kier alpha value is -4.06. The normalized spacial score (nSPS) is 19.5. The van der Waals surface area contributed by atoms with Gasteiger partial charge in [-0.15, -0.1) is 5.10 Å². The van der Waals surface area contributed by atoms with Gasteiger partial charge in [-0.05, 0) is 67.5 Å². The number of ether oxygens (including phenoxy) is 2. The fourth-order valence-corrected chi connectivity index (χ4v) is 8.07. The van der Waals surface area contributed by atoms with Gasteiger partial charge in [0, 0.05) is 53.8 Å². The number of rotatable bonds is 11. The van der Waals surface area contributed by atoms with Crippen LogP contribution in [0.5, 0.6) is 5.75 Å². The van der Waals surface area contributed by atoms with Gasteiger partial charge >= 0.3 is 0 Å². The smallest absolute Gasteiger partial charge is 0.255 e. The molecule has 0 bridgehead atoms. The molecule has 0 aliphatic carbocycles. The highest BCUT2D eigenvalue weighted by atomic mass is 28.4. The number of aliphatic hydroxyl groups excluding tert-OH is 1. The van der Waals surface area contributed by atoms with Gasteiger partial charge in [0.2, 0.25) is 8.41 Å². The number of nitrogens with zero attached hydrogens (tertiary/aromatic N) is 3. The molecular formula is C33H40FN5O4Si. The van der Waals surface area contributed by atoms with Crippen LogP contribution in [-0.4, -0.2) is 54.2 Å². The Morgan fingerprint density at radius 2 is 1.89 bits per heavy atom. The van der Waals surface area contributed by atoms with Crippen LogP contribution in [0, 0.1) is 5.92 Å². The maximum Gasteiger partial charge on any atom is 0.255 e. The van der Waals surface area contributed by atoms with E-state index in [1.807, 2.05) is 55.6 Å². The lowest BCUT2D eigenvalue weighted by atomic mass is 9.86. The van der Waals surface area contributed by atoms with E-state index < -0.39 is 14.5 Å². The largest absolute Gasteiger partial charge is 0.490 e. The molecule has 1 amide bonds. The fourth-order valence-electron chi connectivity index (χ4n) is 6.10. The summed E-state index contributed by atoms with van der Waals surface area (Å²) in [6.45, 7) is 5.81. The van der Waals surface area contributed by atoms with Crippen LogP contribution < -0.4 is 15.8 Å². The van der Waals surface area contributed by atoms with Crippen molar-refractivity contribution >= 4 is 25.7 Å². The minimum Gasteiger partial charge on any atom is -0.490 e. The zero-order chi connectivity index (χ0) is 31.4. The van der Waals surface area contributed by atoms with Crippen LogP contribution in [0.4, 0.5) is 15.5 Å². The van der Waals surface area contributed by atoms with Gasteiger partial charge in [-0.1, -0.05) is 42.5 Å². The number of nitrogens with one attached hydrogen (secondary N) is 1. The van der Waals surface area contributed by atoms with Crippen LogP contribution in [-0.2, 0) is 11.3 Å². The first-order chi connectivity index (χ1) is 21.1. The van der Waals surface area contributed by atoms with Gasteiger partial charge in [0.15, 0.2) is 0 Å². The highest BCUT2D eigenvalue weighted by Crippen LogP contribution is 2.48. The number of carbonyl (C=O) groups is 1. The summed E-state index contributed by atoms with van der Waals surface area (Å²) in [5, 5.41) is 21.6. The van der Waals surface area contributed by atoms with Crippen LogP contribution in [0.25, 0.3) is 0 Å². The first-order valence-electron chi connectivity index (χ1n) is 14.8. The molecule has 2 heterocycles. The van der Waals surface area contributed by atoms with Crippen LogP contribution >= 0.6 is 0 Å². The number of hydrogen-bond donors (Lipinski definition) is 3. The molecule has 4 aromatic rings. The number of nitrogen functional groups attached to an aromatic ring is 1. The van der Waals surface area contributed by atoms with Gasteiger partial charge < -0.3 is 29.7 Å². The molecule has 2 unspecified atom stereocenters. The predicted molar refractivity (Wildman–Crippen MR) is 171 cm³/mol. The average molecular weight is 618 g/mol. The first kappa shape index (κ1) is 31.4. The van der Waals surface area contributed by atoms with Crippen molar-refractivity contribution in [3.8, 4) is 5.75 Å². The molecule has 44 heavy (non-hydrogen) atoms. The third kappa shape index (κ3) is 6.85. The SMILES string of the molecule is CO[C@H]1c2cc(NC(=O)c3ccc(N)cc3)ccc2O[C@@H](C(CCn2cc(C(CO)c3ccccc3)nn2)[Si](C)(C)F)[C@@H]1C. The van der Waals surface area contributed by atoms with Crippen LogP contribution in [0.2, 0.25) is 18.6 Å². The van der Waals surface area contributed by atoms with Crippen molar-refractivity contribution in [1.82, 2.24) is 15.0 Å². The summed E-state index contributed by atoms with van der Waals surface area (Å²) in [7, 11) is -1.59. The number of methoxy groups -OCH3 is 1. The monoisotopic (exact) mass is 617 g/mol. The predicted octanol–water partition coefficient (Wildman–Crippen LogP) is 5.96. The lowest BCUT2D eigenvalue weighted by Crippen LogP contribution is -2.46. The molecule has 0 spiro atoms. The number of carbonyl (C=O) groups excluding carboxylic acids is 1. The number of aliphatic hydroxyl groups is 1. The Kier molecular flexibility index (Phi) is 9.47. The molecule has 1 aliphatic rings. The first-order valence-corrected chi connectivity index (χ1v) is 17.8. The third-order valence-corrected chi connectivity index (χ3v) is 10.9. The second-order valence-electron chi connectivity index (χ2n) is 11.9. The lowest BCUT2D eigenvalue weighted by molar-refractivity contribution is -0.0242. The van der Waals surface area contributed by atoms with E-state index in [1.54, 1.807) is 55.2 Å². The van der Waals surface area contributed by atoms with E-state index in [9.17, 15) is 9.90 Å². The van der Waals surface area contributed by atoms with Crippen molar-refractivity contribution < 1.29 is 23.5 Å². The molecule has 0 saturated carbocycles. The van der Waals surface area contributed by atoms with Crippen LogP contribution in [0.15, 0.2) is 79.0 Å². The number of fused-ring (bicyclic) bond motifs is 1. The summed E-state index contributed by atoms with van der Waals surface area (Å²) < 4.78 is 30.2. The Balaban J connectivity index is 1.32. The summed E-state index contributed by atoms with van der Waals surface area (Å²) >= 11 is 0. The number of halogens is 1. The quantitative estimate of drug-likeness (QED) is 0.108. The van der Waals surface area contributed by atoms with E-state index in [2.05, 4.69) is 15.6 Å². The van der Waals surface area contributed by atoms with Gasteiger partial charge in [-0.25, -0.2) is 0 Å². The Labute approximate surface area is 258 Å². The van der Waals surface area contributed by atoms with E-state index in [-0.39, 0.29) is 36.0 Å². The highest BCUT2D eigenvalue weighted by molar-refractivity contribution is 6.72. The number of aromatic nitrogens is 3. The summed E-state index contributed by atoms with van der Waals surface area (Å²) in [6.07, 6.45) is 1.55. The molecule has 0 radical (unpaired) electrons. The molecule has 0 fully saturated rings. The van der Waals surface area contributed by atoms with E-state index >= 15 is 4.11 Å². The molecular weight excluding hydrogens is 577 g/mol. The minimum atomic E-state index is -3.23. The molecule has 1 aliphatic heterocycles. The Morgan fingerprint density at radius 3 is 2.55 bits per heavy atom. The molecule has 5 rings (SSSR count). The van der Waals surface area contributed by atoms with Gasteiger partial charge in [0.1, 0.15) is 11.9 Å². The maximum atomic E-state index is 16.0. The van der Waals surface area contributed by atoms with E-state index in [0.29, 0.717) is 41.3 Å². The van der Waals surface area contributed by atoms with Gasteiger partial charge in [0.25, 0.3) is 5.91 Å². The Morgan fingerprint density at radius 1 is 1.16 bits per heavy atom. The van der Waals surface area contributed by atoms with E-state index in [4.69, 9.17) is 15.2 Å². The van der Waals surface area contributed by atoms with Gasteiger partial charge in [-0.3, -0.25) is 9.48 Å². The number of aryl methyl sites for hydroxylation is 1. The number of benzene rings is 3. The summed E-state index contributed by atoms with van der Waals surface area (Å²) in [5.41, 5.74) is 9.51. The van der Waals surface area contributed by atoms with Crippen molar-refractivity contribution in [2.45, 2.75) is 56.7 Å².